The van der Waals surface area contributed by atoms with E-state index in [0.717, 1.165) is 5.56 Å². The van der Waals surface area contributed by atoms with E-state index in [-0.39, 0.29) is 16.8 Å². The first kappa shape index (κ1) is 14.9. The second kappa shape index (κ2) is 5.85. The lowest BCUT2D eigenvalue weighted by atomic mass is 10.0. The molecule has 6 heteroatoms. The number of hydrogen-bond donors (Lipinski definition) is 3. The summed E-state index contributed by atoms with van der Waals surface area (Å²) in [6.07, 6.45) is 0. The van der Waals surface area contributed by atoms with Crippen molar-refractivity contribution in [2.45, 2.75) is 6.92 Å². The summed E-state index contributed by atoms with van der Waals surface area (Å²) in [5.74, 6) is -1.83. The number of benzene rings is 2. The summed E-state index contributed by atoms with van der Waals surface area (Å²) < 4.78 is 0. The topological polar surface area (TPSA) is 92.4 Å². The number of hydrogen-bond acceptors (Lipinski definition) is 3. The third kappa shape index (κ3) is 3.14. The predicted octanol–water partition coefficient (Wildman–Crippen LogP) is 3.18. The van der Waals surface area contributed by atoms with Gasteiger partial charge in [-0.1, -0.05) is 23.7 Å². The summed E-state index contributed by atoms with van der Waals surface area (Å²) in [5, 5.41) is 12.1. The van der Waals surface area contributed by atoms with Gasteiger partial charge in [-0.05, 0) is 36.8 Å². The Labute approximate surface area is 126 Å². The number of carboxylic acids is 1. The molecule has 108 valence electrons. The minimum atomic E-state index is -1.22. The summed E-state index contributed by atoms with van der Waals surface area (Å²) in [5.41, 5.74) is 6.92. The van der Waals surface area contributed by atoms with Crippen molar-refractivity contribution >= 4 is 34.9 Å². The fourth-order valence-electron chi connectivity index (χ4n) is 1.91. The molecule has 0 saturated carbocycles. The molecular formula is C15H13ClN2O3. The van der Waals surface area contributed by atoms with Crippen LogP contribution in [0.4, 0.5) is 11.4 Å². The molecule has 0 aliphatic carbocycles. The van der Waals surface area contributed by atoms with Gasteiger partial charge in [0, 0.05) is 5.69 Å². The third-order valence-electron chi connectivity index (χ3n) is 2.93. The number of nitrogens with two attached hydrogens (primary N) is 1. The minimum Gasteiger partial charge on any atom is -0.478 e. The molecule has 2 aromatic rings. The zero-order chi connectivity index (χ0) is 15.6. The number of rotatable bonds is 3. The van der Waals surface area contributed by atoms with Crippen molar-refractivity contribution in [3.05, 3.63) is 58.1 Å². The van der Waals surface area contributed by atoms with E-state index in [1.165, 1.54) is 18.2 Å². The number of carboxylic acid groups (broad SMARTS) is 1. The molecule has 2 aromatic carbocycles. The Balaban J connectivity index is 2.39. The smallest absolute Gasteiger partial charge is 0.336 e. The maximum Gasteiger partial charge on any atom is 0.336 e. The standard InChI is InChI=1S/C15H13ClN2O3/c1-8-5-6-12(10(16)7-8)18-14(19)13-9(15(20)21)3-2-4-11(13)17/h2-7H,17H2,1H3,(H,18,19)(H,20,21). The van der Waals surface area contributed by atoms with E-state index >= 15 is 0 Å². The minimum absolute atomic E-state index is 0.0818. The van der Waals surface area contributed by atoms with Gasteiger partial charge in [-0.3, -0.25) is 4.79 Å². The van der Waals surface area contributed by atoms with E-state index in [0.29, 0.717) is 10.7 Å². The molecule has 2 rings (SSSR count). The maximum absolute atomic E-state index is 12.3. The number of halogens is 1. The lowest BCUT2D eigenvalue weighted by molar-refractivity contribution is 0.0692. The first-order chi connectivity index (χ1) is 9.90. The van der Waals surface area contributed by atoms with Gasteiger partial charge in [0.1, 0.15) is 0 Å². The second-order valence-electron chi connectivity index (χ2n) is 4.51. The zero-order valence-corrected chi connectivity index (χ0v) is 11.9. The Kier molecular flexibility index (Phi) is 4.14. The lowest BCUT2D eigenvalue weighted by Crippen LogP contribution is -2.18. The van der Waals surface area contributed by atoms with Crippen molar-refractivity contribution in [2.24, 2.45) is 0 Å². The normalized spacial score (nSPS) is 10.2. The highest BCUT2D eigenvalue weighted by molar-refractivity contribution is 6.34. The average molecular weight is 305 g/mol. The van der Waals surface area contributed by atoms with E-state index in [1.54, 1.807) is 18.2 Å². The Morgan fingerprint density at radius 2 is 1.95 bits per heavy atom. The molecule has 0 aromatic heterocycles. The predicted molar refractivity (Wildman–Crippen MR) is 82.0 cm³/mol. The number of amides is 1. The number of carbonyl (C=O) groups is 2. The van der Waals surface area contributed by atoms with Crippen LogP contribution in [0.15, 0.2) is 36.4 Å². The zero-order valence-electron chi connectivity index (χ0n) is 11.2. The van der Waals surface area contributed by atoms with Gasteiger partial charge < -0.3 is 16.2 Å². The molecule has 5 nitrogen and oxygen atoms in total. The Hall–Kier alpha value is -2.53. The molecule has 0 spiro atoms. The summed E-state index contributed by atoms with van der Waals surface area (Å²) >= 11 is 6.04. The van der Waals surface area contributed by atoms with E-state index in [9.17, 15) is 9.59 Å². The van der Waals surface area contributed by atoms with Crippen LogP contribution in [0.3, 0.4) is 0 Å². The van der Waals surface area contributed by atoms with Crippen LogP contribution in [0.1, 0.15) is 26.3 Å². The van der Waals surface area contributed by atoms with E-state index in [2.05, 4.69) is 5.32 Å². The van der Waals surface area contributed by atoms with Gasteiger partial charge in [-0.2, -0.15) is 0 Å². The highest BCUT2D eigenvalue weighted by Gasteiger charge is 2.20. The number of aromatic carboxylic acids is 1. The fraction of sp³-hybridized carbons (Fsp3) is 0.0667. The van der Waals surface area contributed by atoms with Gasteiger partial charge in [0.05, 0.1) is 21.8 Å². The summed E-state index contributed by atoms with van der Waals surface area (Å²) in [6.45, 7) is 1.87. The molecule has 0 bridgehead atoms. The number of nitrogen functional groups attached to an aromatic ring is 1. The number of carbonyl (C=O) groups excluding carboxylic acids is 1. The van der Waals surface area contributed by atoms with E-state index in [1.807, 2.05) is 6.92 Å². The van der Waals surface area contributed by atoms with Gasteiger partial charge in [0.2, 0.25) is 0 Å². The molecule has 0 aliphatic heterocycles. The van der Waals surface area contributed by atoms with Crippen LogP contribution in [0, 0.1) is 6.92 Å². The van der Waals surface area contributed by atoms with Crippen molar-refractivity contribution in [1.82, 2.24) is 0 Å². The molecule has 0 atom stereocenters. The van der Waals surface area contributed by atoms with Crippen molar-refractivity contribution in [3.63, 3.8) is 0 Å². The first-order valence-corrected chi connectivity index (χ1v) is 6.47. The molecule has 21 heavy (non-hydrogen) atoms. The highest BCUT2D eigenvalue weighted by Crippen LogP contribution is 2.25. The van der Waals surface area contributed by atoms with Crippen LogP contribution in [0.5, 0.6) is 0 Å². The summed E-state index contributed by atoms with van der Waals surface area (Å²) in [4.78, 5) is 23.5. The number of aryl methyl sites for hydroxylation is 1. The SMILES string of the molecule is Cc1ccc(NC(=O)c2c(N)cccc2C(=O)O)c(Cl)c1. The van der Waals surface area contributed by atoms with Crippen LogP contribution in [0.25, 0.3) is 0 Å². The molecular weight excluding hydrogens is 292 g/mol. The largest absolute Gasteiger partial charge is 0.478 e. The molecule has 4 N–H and O–H groups in total. The monoisotopic (exact) mass is 304 g/mol. The second-order valence-corrected chi connectivity index (χ2v) is 4.92. The Morgan fingerprint density at radius 1 is 1.24 bits per heavy atom. The van der Waals surface area contributed by atoms with Gasteiger partial charge in [-0.15, -0.1) is 0 Å². The summed E-state index contributed by atoms with van der Waals surface area (Å²) in [7, 11) is 0. The van der Waals surface area contributed by atoms with Gasteiger partial charge in [0.15, 0.2) is 0 Å². The molecule has 0 fully saturated rings. The van der Waals surface area contributed by atoms with Crippen molar-refractivity contribution < 1.29 is 14.7 Å². The Bertz CT molecular complexity index is 729. The lowest BCUT2D eigenvalue weighted by Gasteiger charge is -2.11. The van der Waals surface area contributed by atoms with E-state index in [4.69, 9.17) is 22.4 Å². The molecule has 1 amide bonds. The van der Waals surface area contributed by atoms with Gasteiger partial charge in [0.25, 0.3) is 5.91 Å². The fourth-order valence-corrected chi connectivity index (χ4v) is 2.19. The van der Waals surface area contributed by atoms with Crippen LogP contribution < -0.4 is 11.1 Å². The first-order valence-electron chi connectivity index (χ1n) is 6.09. The van der Waals surface area contributed by atoms with Crippen LogP contribution in [0.2, 0.25) is 5.02 Å². The van der Waals surface area contributed by atoms with Gasteiger partial charge >= 0.3 is 5.97 Å². The maximum atomic E-state index is 12.3. The molecule has 0 aliphatic rings. The van der Waals surface area contributed by atoms with Crippen molar-refractivity contribution in [1.29, 1.82) is 0 Å². The quantitative estimate of drug-likeness (QED) is 0.759. The van der Waals surface area contributed by atoms with Crippen LogP contribution >= 0.6 is 11.6 Å². The average Bonchev–Trinajstić information content (AvgIpc) is 2.41. The van der Waals surface area contributed by atoms with Gasteiger partial charge in [-0.25, -0.2) is 4.79 Å². The Morgan fingerprint density at radius 3 is 2.57 bits per heavy atom. The number of anilines is 2. The highest BCUT2D eigenvalue weighted by atomic mass is 35.5. The van der Waals surface area contributed by atoms with Crippen LogP contribution in [-0.4, -0.2) is 17.0 Å². The third-order valence-corrected chi connectivity index (χ3v) is 3.24. The molecule has 0 saturated heterocycles. The van der Waals surface area contributed by atoms with Crippen molar-refractivity contribution in [2.75, 3.05) is 11.1 Å². The summed E-state index contributed by atoms with van der Waals surface area (Å²) in [6, 6.07) is 9.41. The molecule has 0 heterocycles. The van der Waals surface area contributed by atoms with E-state index < -0.39 is 11.9 Å². The molecule has 0 radical (unpaired) electrons. The molecule has 0 unspecified atom stereocenters. The van der Waals surface area contributed by atoms with Crippen LogP contribution in [-0.2, 0) is 0 Å². The number of nitrogens with one attached hydrogen (secondary N) is 1. The van der Waals surface area contributed by atoms with Crippen molar-refractivity contribution in [3.8, 4) is 0 Å².